The Morgan fingerprint density at radius 3 is 2.27 bits per heavy atom. The van der Waals surface area contributed by atoms with Crippen LogP contribution in [0.25, 0.3) is 0 Å². The van der Waals surface area contributed by atoms with E-state index in [2.05, 4.69) is 10.0 Å². The van der Waals surface area contributed by atoms with Gasteiger partial charge in [0.15, 0.2) is 0 Å². The maximum absolute atomic E-state index is 13.0. The molecule has 0 aromatic heterocycles. The number of hydrogen-bond acceptors (Lipinski definition) is 6. The normalized spacial score (nSPS) is 11.0. The van der Waals surface area contributed by atoms with E-state index in [0.29, 0.717) is 11.3 Å². The van der Waals surface area contributed by atoms with Crippen LogP contribution in [0.15, 0.2) is 59.5 Å². The molecule has 2 N–H and O–H groups in total. The van der Waals surface area contributed by atoms with Crippen molar-refractivity contribution in [1.82, 2.24) is 0 Å². The molecule has 0 bridgehead atoms. The van der Waals surface area contributed by atoms with Gasteiger partial charge in [0.2, 0.25) is 0 Å². The minimum absolute atomic E-state index is 0.0561. The fraction of sp³-hybridized carbons (Fsp3) is 0.174. The smallest absolute Gasteiger partial charge is 0.271 e. The van der Waals surface area contributed by atoms with Crippen LogP contribution in [0.2, 0.25) is 0 Å². The predicted octanol–water partition coefficient (Wildman–Crippen LogP) is 4.58. The second kappa shape index (κ2) is 9.29. The summed E-state index contributed by atoms with van der Waals surface area (Å²) in [5.74, 6) is -0.415. The van der Waals surface area contributed by atoms with Crippen LogP contribution >= 0.6 is 0 Å². The van der Waals surface area contributed by atoms with E-state index in [-0.39, 0.29) is 27.6 Å². The van der Waals surface area contributed by atoms with Crippen LogP contribution in [0.5, 0.6) is 5.75 Å². The topological polar surface area (TPSA) is 128 Å². The molecule has 0 saturated heterocycles. The van der Waals surface area contributed by atoms with Crippen molar-refractivity contribution >= 4 is 33.0 Å². The third-order valence-electron chi connectivity index (χ3n) is 5.14. The number of amides is 1. The number of ether oxygens (including phenoxy) is 1. The zero-order chi connectivity index (χ0) is 24.3. The highest BCUT2D eigenvalue weighted by Gasteiger charge is 2.21. The van der Waals surface area contributed by atoms with E-state index in [9.17, 15) is 23.3 Å². The molecular weight excluding hydrogens is 446 g/mol. The van der Waals surface area contributed by atoms with Gasteiger partial charge in [-0.15, -0.1) is 0 Å². The molecule has 0 fully saturated rings. The highest BCUT2D eigenvalue weighted by atomic mass is 32.2. The maximum Gasteiger partial charge on any atom is 0.271 e. The molecule has 3 aromatic rings. The molecular formula is C23H23N3O6S. The van der Waals surface area contributed by atoms with E-state index in [1.807, 2.05) is 19.9 Å². The summed E-state index contributed by atoms with van der Waals surface area (Å²) in [5.41, 5.74) is 2.76. The summed E-state index contributed by atoms with van der Waals surface area (Å²) in [4.78, 5) is 23.3. The van der Waals surface area contributed by atoms with Crippen molar-refractivity contribution in [3.05, 3.63) is 87.0 Å². The summed E-state index contributed by atoms with van der Waals surface area (Å²) >= 11 is 0. The number of nitro benzene ring substituents is 1. The lowest BCUT2D eigenvalue weighted by atomic mass is 10.1. The number of carbonyl (C=O) groups excluding carboxylic acids is 1. The zero-order valence-electron chi connectivity index (χ0n) is 18.5. The third-order valence-corrected chi connectivity index (χ3v) is 6.66. The van der Waals surface area contributed by atoms with Gasteiger partial charge in [0.1, 0.15) is 5.75 Å². The van der Waals surface area contributed by atoms with Gasteiger partial charge in [0.25, 0.3) is 21.6 Å². The number of carbonyl (C=O) groups is 1. The molecule has 0 spiro atoms. The van der Waals surface area contributed by atoms with E-state index in [1.54, 1.807) is 19.1 Å². The highest BCUT2D eigenvalue weighted by molar-refractivity contribution is 7.92. The molecule has 0 heterocycles. The number of nitro groups is 1. The fourth-order valence-electron chi connectivity index (χ4n) is 3.15. The van der Waals surface area contributed by atoms with E-state index in [1.165, 1.54) is 43.5 Å². The quantitative estimate of drug-likeness (QED) is 0.385. The van der Waals surface area contributed by atoms with Crippen molar-refractivity contribution < 1.29 is 22.9 Å². The van der Waals surface area contributed by atoms with Crippen LogP contribution in [0.1, 0.15) is 27.0 Å². The van der Waals surface area contributed by atoms with Gasteiger partial charge in [-0.25, -0.2) is 8.42 Å². The van der Waals surface area contributed by atoms with Gasteiger partial charge < -0.3 is 10.1 Å². The van der Waals surface area contributed by atoms with Crippen LogP contribution in [0.4, 0.5) is 17.1 Å². The first-order valence-electron chi connectivity index (χ1n) is 9.86. The molecule has 0 aliphatic rings. The van der Waals surface area contributed by atoms with Crippen LogP contribution in [0, 0.1) is 30.9 Å². The highest BCUT2D eigenvalue weighted by Crippen LogP contribution is 2.30. The number of nitrogens with zero attached hydrogens (tertiary/aromatic N) is 1. The van der Waals surface area contributed by atoms with Crippen molar-refractivity contribution in [3.63, 3.8) is 0 Å². The largest absolute Gasteiger partial charge is 0.495 e. The minimum Gasteiger partial charge on any atom is -0.495 e. The monoisotopic (exact) mass is 469 g/mol. The van der Waals surface area contributed by atoms with Crippen molar-refractivity contribution in [1.29, 1.82) is 0 Å². The van der Waals surface area contributed by atoms with Gasteiger partial charge in [-0.2, -0.15) is 0 Å². The summed E-state index contributed by atoms with van der Waals surface area (Å²) < 4.78 is 33.8. The average molecular weight is 470 g/mol. The Bertz CT molecular complexity index is 1350. The molecule has 1 amide bonds. The Kier molecular flexibility index (Phi) is 6.68. The Morgan fingerprint density at radius 1 is 0.939 bits per heavy atom. The Balaban J connectivity index is 1.92. The number of methoxy groups -OCH3 is 1. The van der Waals surface area contributed by atoms with Gasteiger partial charge in [0, 0.05) is 23.4 Å². The summed E-state index contributed by atoms with van der Waals surface area (Å²) in [6.45, 7) is 5.43. The lowest BCUT2D eigenvalue weighted by Gasteiger charge is -2.14. The molecule has 33 heavy (non-hydrogen) atoms. The second-order valence-electron chi connectivity index (χ2n) is 7.48. The van der Waals surface area contributed by atoms with Crippen LogP contribution < -0.4 is 14.8 Å². The molecule has 0 aliphatic carbocycles. The Hall–Kier alpha value is -3.92. The van der Waals surface area contributed by atoms with Crippen LogP contribution in [-0.4, -0.2) is 26.4 Å². The number of aryl methyl sites for hydroxylation is 3. The molecule has 0 aliphatic heterocycles. The molecule has 3 aromatic carbocycles. The van der Waals surface area contributed by atoms with E-state index in [0.717, 1.165) is 11.1 Å². The molecule has 9 nitrogen and oxygen atoms in total. The summed E-state index contributed by atoms with van der Waals surface area (Å²) in [7, 11) is -2.61. The number of anilines is 2. The van der Waals surface area contributed by atoms with E-state index < -0.39 is 20.9 Å². The van der Waals surface area contributed by atoms with Crippen LogP contribution in [0.3, 0.4) is 0 Å². The van der Waals surface area contributed by atoms with Crippen molar-refractivity contribution in [2.45, 2.75) is 25.7 Å². The number of non-ortho nitro benzene ring substituents is 1. The standard InChI is InChI=1S/C23H23N3O6S/c1-14-6-8-18(11-16(14)3)25-33(30,31)22-12-17(7-5-15(22)2)23(27)24-20-13-19(26(28)29)9-10-21(20)32-4/h5-13,25H,1-4H3,(H,24,27). The molecule has 0 saturated carbocycles. The Morgan fingerprint density at radius 2 is 1.64 bits per heavy atom. The number of sulfonamides is 1. The van der Waals surface area contributed by atoms with Gasteiger partial charge in [0.05, 0.1) is 22.6 Å². The van der Waals surface area contributed by atoms with Crippen molar-refractivity contribution in [2.75, 3.05) is 17.1 Å². The van der Waals surface area contributed by atoms with Crippen LogP contribution in [-0.2, 0) is 10.0 Å². The molecule has 0 unspecified atom stereocenters. The summed E-state index contributed by atoms with van der Waals surface area (Å²) in [6.07, 6.45) is 0. The van der Waals surface area contributed by atoms with E-state index >= 15 is 0 Å². The minimum atomic E-state index is -3.98. The van der Waals surface area contributed by atoms with Crippen molar-refractivity contribution in [3.8, 4) is 5.75 Å². The first-order chi connectivity index (χ1) is 15.5. The average Bonchev–Trinajstić information content (AvgIpc) is 2.76. The van der Waals surface area contributed by atoms with Gasteiger partial charge >= 0.3 is 0 Å². The van der Waals surface area contributed by atoms with Gasteiger partial charge in [-0.3, -0.25) is 19.6 Å². The van der Waals surface area contributed by atoms with E-state index in [4.69, 9.17) is 4.74 Å². The number of hydrogen-bond donors (Lipinski definition) is 2. The molecule has 0 atom stereocenters. The summed E-state index contributed by atoms with van der Waals surface area (Å²) in [6, 6.07) is 13.3. The predicted molar refractivity (Wildman–Crippen MR) is 126 cm³/mol. The molecule has 3 rings (SSSR count). The SMILES string of the molecule is COc1ccc([N+](=O)[O-])cc1NC(=O)c1ccc(C)c(S(=O)(=O)Nc2ccc(C)c(C)c2)c1. The lowest BCUT2D eigenvalue weighted by molar-refractivity contribution is -0.384. The van der Waals surface area contributed by atoms with Gasteiger partial charge in [-0.05, 0) is 67.8 Å². The lowest BCUT2D eigenvalue weighted by Crippen LogP contribution is -2.17. The number of rotatable bonds is 7. The second-order valence-corrected chi connectivity index (χ2v) is 9.13. The molecule has 172 valence electrons. The first kappa shape index (κ1) is 23.7. The van der Waals surface area contributed by atoms with Gasteiger partial charge in [-0.1, -0.05) is 12.1 Å². The number of nitrogens with one attached hydrogen (secondary N) is 2. The summed E-state index contributed by atoms with van der Waals surface area (Å²) in [5, 5.41) is 13.6. The third kappa shape index (κ3) is 5.29. The maximum atomic E-state index is 13.0. The zero-order valence-corrected chi connectivity index (χ0v) is 19.3. The molecule has 0 radical (unpaired) electrons. The number of benzene rings is 3. The molecule has 10 heteroatoms. The fourth-order valence-corrected chi connectivity index (χ4v) is 4.47. The first-order valence-corrected chi connectivity index (χ1v) is 11.3. The van der Waals surface area contributed by atoms with Crippen molar-refractivity contribution in [2.24, 2.45) is 0 Å². The Labute approximate surface area is 191 Å².